The Hall–Kier alpha value is -1.52. The van der Waals surface area contributed by atoms with Crippen LogP contribution in [-0.4, -0.2) is 18.6 Å². The largest absolute Gasteiger partial charge is 0.496 e. The maximum Gasteiger partial charge on any atom is 0.132 e. The first kappa shape index (κ1) is 14.9. The SMILES string of the molecule is CCNC(C)c1ccc(Sc2ccccc2OC)nc1. The monoisotopic (exact) mass is 288 g/mol. The van der Waals surface area contributed by atoms with E-state index in [4.69, 9.17) is 4.74 Å². The van der Waals surface area contributed by atoms with Gasteiger partial charge in [-0.1, -0.05) is 36.9 Å². The zero-order chi connectivity index (χ0) is 14.4. The van der Waals surface area contributed by atoms with E-state index in [1.165, 1.54) is 5.56 Å². The molecule has 2 aromatic rings. The highest BCUT2D eigenvalue weighted by Crippen LogP contribution is 2.33. The van der Waals surface area contributed by atoms with Gasteiger partial charge < -0.3 is 10.1 Å². The van der Waals surface area contributed by atoms with Crippen molar-refractivity contribution in [2.24, 2.45) is 0 Å². The summed E-state index contributed by atoms with van der Waals surface area (Å²) in [6.45, 7) is 5.21. The van der Waals surface area contributed by atoms with Crippen LogP contribution in [0.1, 0.15) is 25.5 Å². The zero-order valence-corrected chi connectivity index (χ0v) is 12.9. The molecule has 20 heavy (non-hydrogen) atoms. The quantitative estimate of drug-likeness (QED) is 0.874. The Bertz CT molecular complexity index is 542. The summed E-state index contributed by atoms with van der Waals surface area (Å²) in [4.78, 5) is 5.60. The molecule has 4 heteroatoms. The van der Waals surface area contributed by atoms with Gasteiger partial charge in [-0.25, -0.2) is 4.98 Å². The van der Waals surface area contributed by atoms with Crippen molar-refractivity contribution >= 4 is 11.8 Å². The standard InChI is InChI=1S/C16H20N2OS/c1-4-17-12(2)13-9-10-16(18-11-13)20-15-8-6-5-7-14(15)19-3/h5-12,17H,4H2,1-3H3. The number of hydrogen-bond acceptors (Lipinski definition) is 4. The molecular formula is C16H20N2OS. The van der Waals surface area contributed by atoms with Gasteiger partial charge in [0.2, 0.25) is 0 Å². The molecule has 0 fully saturated rings. The van der Waals surface area contributed by atoms with Gasteiger partial charge in [-0.05, 0) is 37.2 Å². The molecule has 0 aliphatic rings. The lowest BCUT2D eigenvalue weighted by atomic mass is 10.1. The fourth-order valence-corrected chi connectivity index (χ4v) is 2.81. The predicted molar refractivity (Wildman–Crippen MR) is 83.4 cm³/mol. The van der Waals surface area contributed by atoms with Gasteiger partial charge in [-0.15, -0.1) is 0 Å². The second-order valence-corrected chi connectivity index (χ2v) is 5.52. The van der Waals surface area contributed by atoms with Crippen LogP contribution in [0, 0.1) is 0 Å². The first-order valence-corrected chi connectivity index (χ1v) is 7.56. The minimum absolute atomic E-state index is 0.331. The van der Waals surface area contributed by atoms with Crippen molar-refractivity contribution < 1.29 is 4.74 Å². The highest BCUT2D eigenvalue weighted by molar-refractivity contribution is 7.99. The number of benzene rings is 1. The summed E-state index contributed by atoms with van der Waals surface area (Å²) in [5, 5.41) is 4.36. The van der Waals surface area contributed by atoms with Gasteiger partial charge in [-0.3, -0.25) is 0 Å². The Kier molecular flexibility index (Phi) is 5.44. The minimum Gasteiger partial charge on any atom is -0.496 e. The molecule has 0 saturated heterocycles. The smallest absolute Gasteiger partial charge is 0.132 e. The van der Waals surface area contributed by atoms with Crippen molar-refractivity contribution in [3.63, 3.8) is 0 Å². The topological polar surface area (TPSA) is 34.1 Å². The second kappa shape index (κ2) is 7.31. The second-order valence-electron chi connectivity index (χ2n) is 4.46. The zero-order valence-electron chi connectivity index (χ0n) is 12.1. The molecule has 0 bridgehead atoms. The number of para-hydroxylation sites is 1. The number of methoxy groups -OCH3 is 1. The van der Waals surface area contributed by atoms with E-state index < -0.39 is 0 Å². The molecule has 0 saturated carbocycles. The van der Waals surface area contributed by atoms with Gasteiger partial charge in [0.1, 0.15) is 10.8 Å². The van der Waals surface area contributed by atoms with Crippen LogP contribution in [0.3, 0.4) is 0 Å². The van der Waals surface area contributed by atoms with Crippen LogP contribution in [0.25, 0.3) is 0 Å². The van der Waals surface area contributed by atoms with Crippen molar-refractivity contribution in [1.29, 1.82) is 0 Å². The van der Waals surface area contributed by atoms with E-state index in [-0.39, 0.29) is 0 Å². The summed E-state index contributed by atoms with van der Waals surface area (Å²) < 4.78 is 5.35. The molecule has 2 rings (SSSR count). The third kappa shape index (κ3) is 3.74. The van der Waals surface area contributed by atoms with Crippen molar-refractivity contribution in [3.8, 4) is 5.75 Å². The number of ether oxygens (including phenoxy) is 1. The van der Waals surface area contributed by atoms with Gasteiger partial charge in [0, 0.05) is 12.2 Å². The molecule has 106 valence electrons. The Morgan fingerprint density at radius 1 is 1.25 bits per heavy atom. The Morgan fingerprint density at radius 2 is 2.05 bits per heavy atom. The number of hydrogen-bond donors (Lipinski definition) is 1. The lowest BCUT2D eigenvalue weighted by Gasteiger charge is -2.12. The summed E-state index contributed by atoms with van der Waals surface area (Å²) in [6, 6.07) is 12.5. The highest BCUT2D eigenvalue weighted by atomic mass is 32.2. The number of aromatic nitrogens is 1. The van der Waals surface area contributed by atoms with Crippen molar-refractivity contribution in [2.75, 3.05) is 13.7 Å². The van der Waals surface area contributed by atoms with Gasteiger partial charge in [0.05, 0.1) is 12.0 Å². The summed E-state index contributed by atoms with van der Waals surface area (Å²) in [5.74, 6) is 0.879. The molecule has 1 heterocycles. The fraction of sp³-hybridized carbons (Fsp3) is 0.312. The summed E-state index contributed by atoms with van der Waals surface area (Å²) in [7, 11) is 1.69. The van der Waals surface area contributed by atoms with E-state index in [1.807, 2.05) is 30.5 Å². The maximum atomic E-state index is 5.35. The Balaban J connectivity index is 2.11. The average molecular weight is 288 g/mol. The molecule has 1 atom stereocenters. The van der Waals surface area contributed by atoms with Crippen LogP contribution in [0.15, 0.2) is 52.5 Å². The van der Waals surface area contributed by atoms with E-state index in [1.54, 1.807) is 18.9 Å². The molecule has 0 radical (unpaired) electrons. The first-order valence-electron chi connectivity index (χ1n) is 6.74. The van der Waals surface area contributed by atoms with E-state index in [0.717, 1.165) is 22.2 Å². The number of nitrogens with zero attached hydrogens (tertiary/aromatic N) is 1. The molecule has 3 nitrogen and oxygen atoms in total. The minimum atomic E-state index is 0.331. The van der Waals surface area contributed by atoms with Crippen LogP contribution in [0.2, 0.25) is 0 Å². The molecule has 1 N–H and O–H groups in total. The molecule has 1 unspecified atom stereocenters. The molecule has 0 aliphatic heterocycles. The summed E-state index contributed by atoms with van der Waals surface area (Å²) in [6.07, 6.45) is 1.94. The molecule has 0 amide bonds. The van der Waals surface area contributed by atoms with Crippen LogP contribution < -0.4 is 10.1 Å². The van der Waals surface area contributed by atoms with Crippen molar-refractivity contribution in [1.82, 2.24) is 10.3 Å². The van der Waals surface area contributed by atoms with Crippen LogP contribution in [0.5, 0.6) is 5.75 Å². The van der Waals surface area contributed by atoms with Crippen molar-refractivity contribution in [2.45, 2.75) is 29.8 Å². The third-order valence-electron chi connectivity index (χ3n) is 3.05. The summed E-state index contributed by atoms with van der Waals surface area (Å²) in [5.41, 5.74) is 1.20. The lowest BCUT2D eigenvalue weighted by Crippen LogP contribution is -2.17. The van der Waals surface area contributed by atoms with Crippen LogP contribution in [0.4, 0.5) is 0 Å². The van der Waals surface area contributed by atoms with E-state index >= 15 is 0 Å². The molecule has 1 aromatic heterocycles. The van der Waals surface area contributed by atoms with E-state index in [9.17, 15) is 0 Å². The van der Waals surface area contributed by atoms with Crippen LogP contribution in [-0.2, 0) is 0 Å². The Labute approximate surface area is 124 Å². The van der Waals surface area contributed by atoms with Crippen molar-refractivity contribution in [3.05, 3.63) is 48.2 Å². The predicted octanol–water partition coefficient (Wildman–Crippen LogP) is 3.91. The fourth-order valence-electron chi connectivity index (χ4n) is 1.95. The van der Waals surface area contributed by atoms with Gasteiger partial charge in [0.25, 0.3) is 0 Å². The molecule has 0 aliphatic carbocycles. The Morgan fingerprint density at radius 3 is 2.70 bits per heavy atom. The van der Waals surface area contributed by atoms with Gasteiger partial charge in [0.15, 0.2) is 0 Å². The molecule has 0 spiro atoms. The van der Waals surface area contributed by atoms with Gasteiger partial charge >= 0.3 is 0 Å². The normalized spacial score (nSPS) is 12.2. The number of pyridine rings is 1. The number of nitrogens with one attached hydrogen (secondary N) is 1. The van der Waals surface area contributed by atoms with E-state index in [0.29, 0.717) is 6.04 Å². The van der Waals surface area contributed by atoms with Gasteiger partial charge in [-0.2, -0.15) is 0 Å². The summed E-state index contributed by atoms with van der Waals surface area (Å²) >= 11 is 1.62. The third-order valence-corrected chi connectivity index (χ3v) is 4.06. The van der Waals surface area contributed by atoms with E-state index in [2.05, 4.69) is 36.3 Å². The average Bonchev–Trinajstić information content (AvgIpc) is 2.49. The molecule has 1 aromatic carbocycles. The van der Waals surface area contributed by atoms with Crippen LogP contribution >= 0.6 is 11.8 Å². The maximum absolute atomic E-state index is 5.35. The molecular weight excluding hydrogens is 268 g/mol. The number of rotatable bonds is 6. The highest BCUT2D eigenvalue weighted by Gasteiger charge is 2.07. The first-order chi connectivity index (χ1) is 9.74. The lowest BCUT2D eigenvalue weighted by molar-refractivity contribution is 0.405.